The molecule has 1 N–H and O–H groups in total. The summed E-state index contributed by atoms with van der Waals surface area (Å²) in [5, 5.41) is 12.7. The van der Waals surface area contributed by atoms with Gasteiger partial charge in [0.1, 0.15) is 0 Å². The largest absolute Gasteiger partial charge is 0.269 e. The summed E-state index contributed by atoms with van der Waals surface area (Å²) in [4.78, 5) is 14.4. The van der Waals surface area contributed by atoms with Gasteiger partial charge in [-0.05, 0) is 37.6 Å². The summed E-state index contributed by atoms with van der Waals surface area (Å²) in [5.41, 5.74) is 3.60. The van der Waals surface area contributed by atoms with Crippen molar-refractivity contribution in [1.29, 1.82) is 0 Å². The van der Waals surface area contributed by atoms with Crippen molar-refractivity contribution in [2.75, 3.05) is 4.72 Å². The Morgan fingerprint density at radius 1 is 1.12 bits per heavy atom. The molecule has 7 nitrogen and oxygen atoms in total. The smallest absolute Gasteiger partial charge is 0.258 e. The number of nitrogens with one attached hydrogen (secondary N) is 1. The molecule has 9 heteroatoms. The van der Waals surface area contributed by atoms with Crippen molar-refractivity contribution in [1.82, 2.24) is 4.98 Å². The molecule has 0 unspecified atom stereocenters. The molecule has 26 heavy (non-hydrogen) atoms. The highest BCUT2D eigenvalue weighted by Crippen LogP contribution is 2.29. The average Bonchev–Trinajstić information content (AvgIpc) is 3.04. The fraction of sp³-hybridized carbons (Fsp3) is 0.118. The second-order valence-electron chi connectivity index (χ2n) is 5.71. The molecule has 0 bridgehead atoms. The fourth-order valence-corrected chi connectivity index (χ4v) is 4.34. The molecule has 134 valence electrons. The van der Waals surface area contributed by atoms with Crippen LogP contribution < -0.4 is 4.72 Å². The summed E-state index contributed by atoms with van der Waals surface area (Å²) in [7, 11) is -3.87. The fourth-order valence-electron chi connectivity index (χ4n) is 2.38. The SMILES string of the molecule is Cc1ccc(C)c(-c2csc(NS(=O)(=O)c3ccc([N+](=O)[O-])cc3)n2)c1. The van der Waals surface area contributed by atoms with Crippen LogP contribution in [0.5, 0.6) is 0 Å². The van der Waals surface area contributed by atoms with Crippen molar-refractivity contribution in [3.05, 3.63) is 69.1 Å². The number of hydrogen-bond acceptors (Lipinski definition) is 6. The predicted octanol–water partition coefficient (Wildman–Crippen LogP) is 4.14. The van der Waals surface area contributed by atoms with E-state index >= 15 is 0 Å². The number of anilines is 1. The van der Waals surface area contributed by atoms with Crippen LogP contribution in [0.15, 0.2) is 52.7 Å². The number of nitro groups is 1. The minimum absolute atomic E-state index is 0.0633. The summed E-state index contributed by atoms with van der Waals surface area (Å²) in [6.45, 7) is 3.95. The number of sulfonamides is 1. The zero-order valence-electron chi connectivity index (χ0n) is 14.0. The number of nitro benzene ring substituents is 1. The molecule has 0 saturated carbocycles. The van der Waals surface area contributed by atoms with Crippen LogP contribution in [-0.4, -0.2) is 18.3 Å². The maximum atomic E-state index is 12.4. The average molecular weight is 389 g/mol. The minimum atomic E-state index is -3.87. The molecule has 3 aromatic rings. The first kappa shape index (κ1) is 18.0. The minimum Gasteiger partial charge on any atom is -0.258 e. The third-order valence-electron chi connectivity index (χ3n) is 3.75. The molecule has 0 saturated heterocycles. The molecule has 0 aliphatic carbocycles. The van der Waals surface area contributed by atoms with E-state index in [1.165, 1.54) is 23.5 Å². The Kier molecular flexibility index (Phi) is 4.75. The van der Waals surface area contributed by atoms with Crippen LogP contribution in [0.2, 0.25) is 0 Å². The van der Waals surface area contributed by atoms with Crippen molar-refractivity contribution in [3.63, 3.8) is 0 Å². The molecule has 0 fully saturated rings. The molecule has 1 aromatic heterocycles. The van der Waals surface area contributed by atoms with Crippen LogP contribution in [0.4, 0.5) is 10.8 Å². The van der Waals surface area contributed by atoms with Crippen molar-refractivity contribution >= 4 is 32.2 Å². The van der Waals surface area contributed by atoms with Crippen LogP contribution in [-0.2, 0) is 10.0 Å². The van der Waals surface area contributed by atoms with E-state index in [2.05, 4.69) is 9.71 Å². The van der Waals surface area contributed by atoms with Crippen molar-refractivity contribution in [3.8, 4) is 11.3 Å². The molecule has 3 rings (SSSR count). The van der Waals surface area contributed by atoms with Crippen LogP contribution in [0.3, 0.4) is 0 Å². The van der Waals surface area contributed by atoms with Gasteiger partial charge in [0.15, 0.2) is 5.13 Å². The standard InChI is InChI=1S/C17H15N3O4S2/c1-11-3-4-12(2)15(9-11)16-10-25-17(18-16)19-26(23,24)14-7-5-13(6-8-14)20(21)22/h3-10H,1-2H3,(H,18,19). The van der Waals surface area contributed by atoms with Gasteiger partial charge in [0.2, 0.25) is 0 Å². The number of rotatable bonds is 5. The molecule has 0 spiro atoms. The Bertz CT molecular complexity index is 1070. The molecule has 0 atom stereocenters. The maximum absolute atomic E-state index is 12.4. The number of nitrogens with zero attached hydrogens (tertiary/aromatic N) is 2. The van der Waals surface area contributed by atoms with Gasteiger partial charge in [0.25, 0.3) is 15.7 Å². The number of non-ortho nitro benzene ring substituents is 1. The molecule has 0 aliphatic rings. The van der Waals surface area contributed by atoms with E-state index in [9.17, 15) is 18.5 Å². The Morgan fingerprint density at radius 3 is 2.46 bits per heavy atom. The van der Waals surface area contributed by atoms with Gasteiger partial charge < -0.3 is 0 Å². The van der Waals surface area contributed by atoms with E-state index in [1.54, 1.807) is 5.38 Å². The zero-order valence-corrected chi connectivity index (χ0v) is 15.6. The van der Waals surface area contributed by atoms with E-state index in [0.717, 1.165) is 28.8 Å². The van der Waals surface area contributed by atoms with E-state index in [-0.39, 0.29) is 15.7 Å². The summed E-state index contributed by atoms with van der Waals surface area (Å²) < 4.78 is 27.3. The zero-order chi connectivity index (χ0) is 18.9. The second-order valence-corrected chi connectivity index (χ2v) is 8.25. The summed E-state index contributed by atoms with van der Waals surface area (Å²) in [6, 6.07) is 10.7. The van der Waals surface area contributed by atoms with Gasteiger partial charge in [-0.3, -0.25) is 14.8 Å². The van der Waals surface area contributed by atoms with Gasteiger partial charge in [-0.1, -0.05) is 17.7 Å². The molecule has 1 heterocycles. The van der Waals surface area contributed by atoms with Gasteiger partial charge in [-0.2, -0.15) is 0 Å². The lowest BCUT2D eigenvalue weighted by atomic mass is 10.0. The van der Waals surface area contributed by atoms with Crippen molar-refractivity contribution < 1.29 is 13.3 Å². The second kappa shape index (κ2) is 6.85. The lowest BCUT2D eigenvalue weighted by molar-refractivity contribution is -0.384. The number of aromatic nitrogens is 1. The molecule has 0 aliphatic heterocycles. The highest BCUT2D eigenvalue weighted by molar-refractivity contribution is 7.93. The Morgan fingerprint density at radius 2 is 1.81 bits per heavy atom. The van der Waals surface area contributed by atoms with Gasteiger partial charge in [-0.25, -0.2) is 13.4 Å². The predicted molar refractivity (Wildman–Crippen MR) is 101 cm³/mol. The van der Waals surface area contributed by atoms with E-state index in [1.807, 2.05) is 32.0 Å². The van der Waals surface area contributed by atoms with E-state index in [4.69, 9.17) is 0 Å². The van der Waals surface area contributed by atoms with E-state index < -0.39 is 14.9 Å². The summed E-state index contributed by atoms with van der Waals surface area (Å²) in [5.74, 6) is 0. The highest BCUT2D eigenvalue weighted by Gasteiger charge is 2.18. The summed E-state index contributed by atoms with van der Waals surface area (Å²) >= 11 is 1.18. The van der Waals surface area contributed by atoms with Crippen LogP contribution in [0.1, 0.15) is 11.1 Å². The molecular weight excluding hydrogens is 374 g/mol. The highest BCUT2D eigenvalue weighted by atomic mass is 32.2. The first-order valence-corrected chi connectivity index (χ1v) is 9.93. The number of benzene rings is 2. The topological polar surface area (TPSA) is 102 Å². The van der Waals surface area contributed by atoms with Crippen LogP contribution in [0, 0.1) is 24.0 Å². The van der Waals surface area contributed by atoms with Crippen molar-refractivity contribution in [2.24, 2.45) is 0 Å². The normalized spacial score (nSPS) is 11.3. The van der Waals surface area contributed by atoms with Gasteiger partial charge in [-0.15, -0.1) is 11.3 Å². The van der Waals surface area contributed by atoms with Crippen LogP contribution in [0.25, 0.3) is 11.3 Å². The lowest BCUT2D eigenvalue weighted by Gasteiger charge is -2.05. The monoisotopic (exact) mass is 389 g/mol. The molecule has 0 amide bonds. The lowest BCUT2D eigenvalue weighted by Crippen LogP contribution is -2.12. The molecule has 0 radical (unpaired) electrons. The Labute approximate surface area is 154 Å². The van der Waals surface area contributed by atoms with Gasteiger partial charge >= 0.3 is 0 Å². The van der Waals surface area contributed by atoms with Gasteiger partial charge in [0.05, 0.1) is 15.5 Å². The first-order chi connectivity index (χ1) is 12.3. The number of thiazole rings is 1. The van der Waals surface area contributed by atoms with Crippen molar-refractivity contribution in [2.45, 2.75) is 18.7 Å². The maximum Gasteiger partial charge on any atom is 0.269 e. The van der Waals surface area contributed by atoms with Crippen LogP contribution >= 0.6 is 11.3 Å². The quantitative estimate of drug-likeness (QED) is 0.522. The Balaban J connectivity index is 1.86. The summed E-state index contributed by atoms with van der Waals surface area (Å²) in [6.07, 6.45) is 0. The molecule has 2 aromatic carbocycles. The van der Waals surface area contributed by atoms with E-state index in [0.29, 0.717) is 5.69 Å². The Hall–Kier alpha value is -2.78. The van der Waals surface area contributed by atoms with Gasteiger partial charge in [0, 0.05) is 23.1 Å². The first-order valence-electron chi connectivity index (χ1n) is 7.57. The number of hydrogen-bond donors (Lipinski definition) is 1. The third kappa shape index (κ3) is 3.73. The third-order valence-corrected chi connectivity index (χ3v) is 5.99. The number of aryl methyl sites for hydroxylation is 2. The molecular formula is C17H15N3O4S2.